The summed E-state index contributed by atoms with van der Waals surface area (Å²) in [6.45, 7) is 3.16. The highest BCUT2D eigenvalue weighted by molar-refractivity contribution is 5.76. The van der Waals surface area contributed by atoms with Gasteiger partial charge in [0, 0.05) is 32.5 Å². The van der Waals surface area contributed by atoms with E-state index in [9.17, 15) is 4.79 Å². The summed E-state index contributed by atoms with van der Waals surface area (Å²) in [4.78, 5) is 16.1. The quantitative estimate of drug-likeness (QED) is 0.675. The maximum absolute atomic E-state index is 11.8. The Labute approximate surface area is 153 Å². The Morgan fingerprint density at radius 3 is 2.62 bits per heavy atom. The molecule has 140 valence electrons. The molecule has 7 nitrogen and oxygen atoms in total. The molecule has 1 aromatic carbocycles. The Kier molecular flexibility index (Phi) is 7.85. The van der Waals surface area contributed by atoms with Crippen LogP contribution in [0.1, 0.15) is 18.9 Å². The van der Waals surface area contributed by atoms with Crippen molar-refractivity contribution in [3.8, 4) is 17.4 Å². The lowest BCUT2D eigenvalue weighted by Crippen LogP contribution is -2.31. The van der Waals surface area contributed by atoms with Crippen molar-refractivity contribution >= 4 is 5.91 Å². The van der Waals surface area contributed by atoms with Crippen LogP contribution in [0.25, 0.3) is 0 Å². The summed E-state index contributed by atoms with van der Waals surface area (Å²) in [7, 11) is 1.54. The number of rotatable bonds is 10. The van der Waals surface area contributed by atoms with Crippen LogP contribution in [0.5, 0.6) is 17.4 Å². The monoisotopic (exact) mass is 359 g/mol. The van der Waals surface area contributed by atoms with E-state index in [2.05, 4.69) is 10.3 Å². The summed E-state index contributed by atoms with van der Waals surface area (Å²) in [5.74, 6) is 1.61. The zero-order valence-electron chi connectivity index (χ0n) is 15.1. The first kappa shape index (κ1) is 19.7. The number of hydrogen-bond acceptors (Lipinski definition) is 6. The number of pyridine rings is 1. The van der Waals surface area contributed by atoms with Crippen LogP contribution in [0.3, 0.4) is 0 Å². The third kappa shape index (κ3) is 6.02. The van der Waals surface area contributed by atoms with Gasteiger partial charge in [0.15, 0.2) is 11.5 Å². The summed E-state index contributed by atoms with van der Waals surface area (Å²) in [5, 5.41) is 2.82. The molecule has 1 heterocycles. The van der Waals surface area contributed by atoms with Crippen LogP contribution in [-0.4, -0.2) is 37.3 Å². The number of aromatic nitrogens is 1. The first-order chi connectivity index (χ1) is 12.7. The fourth-order valence-corrected chi connectivity index (χ4v) is 2.24. The maximum atomic E-state index is 11.8. The Balaban J connectivity index is 1.89. The highest BCUT2D eigenvalue weighted by atomic mass is 16.5. The van der Waals surface area contributed by atoms with Crippen LogP contribution in [0.4, 0.5) is 0 Å². The Morgan fingerprint density at radius 2 is 2.00 bits per heavy atom. The molecule has 0 aliphatic carbocycles. The van der Waals surface area contributed by atoms with Gasteiger partial charge in [0.05, 0.1) is 19.1 Å². The van der Waals surface area contributed by atoms with Crippen LogP contribution in [0.2, 0.25) is 0 Å². The highest BCUT2D eigenvalue weighted by Crippen LogP contribution is 2.30. The molecule has 0 saturated heterocycles. The third-order valence-electron chi connectivity index (χ3n) is 3.66. The number of methoxy groups -OCH3 is 1. The van der Waals surface area contributed by atoms with E-state index in [1.54, 1.807) is 12.3 Å². The van der Waals surface area contributed by atoms with E-state index in [1.807, 2.05) is 37.3 Å². The Morgan fingerprint density at radius 1 is 1.23 bits per heavy atom. The minimum Gasteiger partial charge on any atom is -0.490 e. The number of carbonyl (C=O) groups is 1. The van der Waals surface area contributed by atoms with Gasteiger partial charge in [0.2, 0.25) is 11.8 Å². The van der Waals surface area contributed by atoms with Gasteiger partial charge in [-0.25, -0.2) is 4.98 Å². The molecule has 1 amide bonds. The van der Waals surface area contributed by atoms with E-state index in [1.165, 1.54) is 7.11 Å². The summed E-state index contributed by atoms with van der Waals surface area (Å²) in [6, 6.07) is 11.0. The summed E-state index contributed by atoms with van der Waals surface area (Å²) in [6.07, 6.45) is 1.63. The number of para-hydroxylation sites is 2. The number of benzene rings is 1. The molecule has 0 aliphatic rings. The zero-order chi connectivity index (χ0) is 18.8. The smallest absolute Gasteiger partial charge is 0.222 e. The van der Waals surface area contributed by atoms with Crippen molar-refractivity contribution in [2.75, 3.05) is 20.3 Å². The molecular formula is C19H25N3O4. The van der Waals surface area contributed by atoms with Crippen LogP contribution in [-0.2, 0) is 16.1 Å². The normalized spacial score (nSPS) is 11.7. The summed E-state index contributed by atoms with van der Waals surface area (Å²) < 4.78 is 16.4. The van der Waals surface area contributed by atoms with Crippen LogP contribution in [0, 0.1) is 0 Å². The summed E-state index contributed by atoms with van der Waals surface area (Å²) in [5.41, 5.74) is 6.38. The van der Waals surface area contributed by atoms with Crippen LogP contribution >= 0.6 is 0 Å². The molecule has 26 heavy (non-hydrogen) atoms. The van der Waals surface area contributed by atoms with Crippen molar-refractivity contribution in [1.29, 1.82) is 0 Å². The van der Waals surface area contributed by atoms with Gasteiger partial charge in [-0.05, 0) is 24.6 Å². The van der Waals surface area contributed by atoms with Gasteiger partial charge in [0.25, 0.3) is 0 Å². The van der Waals surface area contributed by atoms with E-state index in [0.29, 0.717) is 37.1 Å². The van der Waals surface area contributed by atoms with E-state index in [4.69, 9.17) is 19.9 Å². The lowest BCUT2D eigenvalue weighted by molar-refractivity contribution is -0.123. The molecule has 7 heteroatoms. The number of ether oxygens (including phenoxy) is 3. The predicted octanol–water partition coefficient (Wildman–Crippen LogP) is 2.25. The van der Waals surface area contributed by atoms with Gasteiger partial charge in [-0.1, -0.05) is 18.2 Å². The number of nitrogens with zero attached hydrogens (tertiary/aromatic N) is 1. The fraction of sp³-hybridized carbons (Fsp3) is 0.368. The second-order valence-corrected chi connectivity index (χ2v) is 5.56. The molecule has 1 atom stereocenters. The molecule has 0 spiro atoms. The number of nitrogens with one attached hydrogen (secondary N) is 1. The minimum atomic E-state index is -0.269. The first-order valence-corrected chi connectivity index (χ1v) is 8.50. The Bertz CT molecular complexity index is 687. The second kappa shape index (κ2) is 10.4. The molecule has 2 aromatic rings. The van der Waals surface area contributed by atoms with Gasteiger partial charge < -0.3 is 25.3 Å². The number of hydrogen-bond donors (Lipinski definition) is 2. The SMILES string of the molecule is CCOc1ccccc1Oc1ccc(CNC(=O)CC(CN)OC)cn1. The van der Waals surface area contributed by atoms with Crippen molar-refractivity contribution in [3.63, 3.8) is 0 Å². The molecule has 0 radical (unpaired) electrons. The van der Waals surface area contributed by atoms with E-state index in [0.717, 1.165) is 5.56 Å². The number of amides is 1. The molecule has 0 aliphatic heterocycles. The fourth-order valence-electron chi connectivity index (χ4n) is 2.24. The Hall–Kier alpha value is -2.64. The number of nitrogens with two attached hydrogens (primary N) is 1. The lowest BCUT2D eigenvalue weighted by Gasteiger charge is -2.13. The van der Waals surface area contributed by atoms with E-state index in [-0.39, 0.29) is 18.4 Å². The first-order valence-electron chi connectivity index (χ1n) is 8.50. The average molecular weight is 359 g/mol. The van der Waals surface area contributed by atoms with Crippen molar-refractivity contribution in [2.24, 2.45) is 5.73 Å². The zero-order valence-corrected chi connectivity index (χ0v) is 15.1. The maximum Gasteiger partial charge on any atom is 0.222 e. The molecule has 1 aromatic heterocycles. The van der Waals surface area contributed by atoms with Gasteiger partial charge in [-0.2, -0.15) is 0 Å². The molecule has 0 saturated carbocycles. The lowest BCUT2D eigenvalue weighted by atomic mass is 10.2. The third-order valence-corrected chi connectivity index (χ3v) is 3.66. The van der Waals surface area contributed by atoms with Crippen LogP contribution in [0.15, 0.2) is 42.6 Å². The van der Waals surface area contributed by atoms with Gasteiger partial charge in [0.1, 0.15) is 0 Å². The molecule has 0 bridgehead atoms. The molecule has 1 unspecified atom stereocenters. The topological polar surface area (TPSA) is 95.7 Å². The number of carbonyl (C=O) groups excluding carboxylic acids is 1. The standard InChI is InChI=1S/C19H25N3O4/c1-3-25-16-6-4-5-7-17(16)26-19-9-8-14(13-22-19)12-21-18(23)10-15(11-20)24-2/h4-9,13,15H,3,10-12,20H2,1-2H3,(H,21,23). The van der Waals surface area contributed by atoms with Crippen LogP contribution < -0.4 is 20.5 Å². The minimum absolute atomic E-state index is 0.117. The van der Waals surface area contributed by atoms with E-state index >= 15 is 0 Å². The molecule has 0 fully saturated rings. The highest BCUT2D eigenvalue weighted by Gasteiger charge is 2.11. The van der Waals surface area contributed by atoms with Crippen molar-refractivity contribution in [3.05, 3.63) is 48.2 Å². The average Bonchev–Trinajstić information content (AvgIpc) is 2.67. The van der Waals surface area contributed by atoms with Crippen molar-refractivity contribution in [2.45, 2.75) is 26.0 Å². The largest absolute Gasteiger partial charge is 0.490 e. The molecular weight excluding hydrogens is 334 g/mol. The van der Waals surface area contributed by atoms with Crippen molar-refractivity contribution in [1.82, 2.24) is 10.3 Å². The van der Waals surface area contributed by atoms with E-state index < -0.39 is 0 Å². The van der Waals surface area contributed by atoms with Crippen molar-refractivity contribution < 1.29 is 19.0 Å². The second-order valence-electron chi connectivity index (χ2n) is 5.56. The summed E-state index contributed by atoms with van der Waals surface area (Å²) >= 11 is 0. The van der Waals surface area contributed by atoms with Gasteiger partial charge in [-0.15, -0.1) is 0 Å². The predicted molar refractivity (Wildman–Crippen MR) is 98.2 cm³/mol. The van der Waals surface area contributed by atoms with Gasteiger partial charge >= 0.3 is 0 Å². The molecule has 2 rings (SSSR count). The molecule has 3 N–H and O–H groups in total. The van der Waals surface area contributed by atoms with Gasteiger partial charge in [-0.3, -0.25) is 4.79 Å².